The van der Waals surface area contributed by atoms with Gasteiger partial charge in [-0.2, -0.15) is 13.2 Å². The summed E-state index contributed by atoms with van der Waals surface area (Å²) in [7, 11) is 3.40. The molecule has 0 heterocycles. The van der Waals surface area contributed by atoms with Crippen LogP contribution >= 0.6 is 0 Å². The summed E-state index contributed by atoms with van der Waals surface area (Å²) in [6, 6.07) is 11.9. The minimum absolute atomic E-state index is 0.388. The average Bonchev–Trinajstić information content (AvgIpc) is 2.62. The molecular weight excluding hydrogens is 357 g/mol. The largest absolute Gasteiger partial charge is 0.416 e. The van der Waals surface area contributed by atoms with Crippen LogP contribution < -0.4 is 11.1 Å². The molecule has 0 aromatic heterocycles. The van der Waals surface area contributed by atoms with E-state index < -0.39 is 17.6 Å². The molecule has 0 bridgehead atoms. The molecule has 1 amide bonds. The molecule has 144 valence electrons. The lowest BCUT2D eigenvalue weighted by atomic mass is 10.1. The van der Waals surface area contributed by atoms with Crippen molar-refractivity contribution in [1.82, 2.24) is 10.2 Å². The number of hydrogen-bond donors (Lipinski definition) is 2. The number of rotatable bonds is 5. The van der Waals surface area contributed by atoms with Crippen LogP contribution in [0.15, 0.2) is 53.5 Å². The quantitative estimate of drug-likeness (QED) is 0.621. The van der Waals surface area contributed by atoms with Crippen LogP contribution in [0.5, 0.6) is 0 Å². The third-order valence-corrected chi connectivity index (χ3v) is 3.94. The highest BCUT2D eigenvalue weighted by atomic mass is 19.4. The molecule has 2 rings (SSSR count). The van der Waals surface area contributed by atoms with Gasteiger partial charge in [0.15, 0.2) is 5.96 Å². The van der Waals surface area contributed by atoms with Gasteiger partial charge in [0.25, 0.3) is 0 Å². The molecule has 0 unspecified atom stereocenters. The van der Waals surface area contributed by atoms with E-state index in [1.54, 1.807) is 37.2 Å². The first-order valence-corrected chi connectivity index (χ1v) is 8.17. The molecule has 2 aromatic carbocycles. The van der Waals surface area contributed by atoms with Crippen molar-refractivity contribution in [3.8, 4) is 0 Å². The second kappa shape index (κ2) is 8.57. The summed E-state index contributed by atoms with van der Waals surface area (Å²) >= 11 is 0. The molecule has 0 spiro atoms. The SMILES string of the molecule is CN=C(NCc1cccc(C(N)=O)c1)N(C)Cc1ccc(C(F)(F)F)cc1. The molecule has 0 aliphatic carbocycles. The second-order valence-corrected chi connectivity index (χ2v) is 6.02. The number of carbonyl (C=O) groups is 1. The van der Waals surface area contributed by atoms with Crippen molar-refractivity contribution in [2.24, 2.45) is 10.7 Å². The number of hydrogen-bond acceptors (Lipinski definition) is 2. The van der Waals surface area contributed by atoms with Crippen molar-refractivity contribution in [2.75, 3.05) is 14.1 Å². The van der Waals surface area contributed by atoms with Gasteiger partial charge in [0.1, 0.15) is 0 Å². The number of halogens is 3. The molecule has 3 N–H and O–H groups in total. The maximum atomic E-state index is 12.6. The lowest BCUT2D eigenvalue weighted by Gasteiger charge is -2.22. The van der Waals surface area contributed by atoms with Crippen LogP contribution in [-0.2, 0) is 19.3 Å². The maximum Gasteiger partial charge on any atom is 0.416 e. The van der Waals surface area contributed by atoms with E-state index in [4.69, 9.17) is 5.73 Å². The van der Waals surface area contributed by atoms with Crippen molar-refractivity contribution in [3.63, 3.8) is 0 Å². The Hall–Kier alpha value is -3.03. The average molecular weight is 378 g/mol. The van der Waals surface area contributed by atoms with Crippen molar-refractivity contribution in [3.05, 3.63) is 70.8 Å². The number of amides is 1. The van der Waals surface area contributed by atoms with Gasteiger partial charge in [-0.15, -0.1) is 0 Å². The van der Waals surface area contributed by atoms with Gasteiger partial charge in [-0.25, -0.2) is 0 Å². The number of benzene rings is 2. The lowest BCUT2D eigenvalue weighted by molar-refractivity contribution is -0.137. The number of nitrogens with two attached hydrogens (primary N) is 1. The van der Waals surface area contributed by atoms with Crippen molar-refractivity contribution < 1.29 is 18.0 Å². The molecule has 0 fully saturated rings. The van der Waals surface area contributed by atoms with Gasteiger partial charge in [0.05, 0.1) is 5.56 Å². The third-order valence-electron chi connectivity index (χ3n) is 3.94. The van der Waals surface area contributed by atoms with Gasteiger partial charge >= 0.3 is 6.18 Å². The minimum Gasteiger partial charge on any atom is -0.366 e. The molecule has 5 nitrogen and oxygen atoms in total. The van der Waals surface area contributed by atoms with E-state index in [1.165, 1.54) is 12.1 Å². The Labute approximate surface area is 155 Å². The summed E-state index contributed by atoms with van der Waals surface area (Å²) in [6.07, 6.45) is -4.35. The molecule has 0 aliphatic rings. The van der Waals surface area contributed by atoms with E-state index >= 15 is 0 Å². The smallest absolute Gasteiger partial charge is 0.366 e. The summed E-state index contributed by atoms with van der Waals surface area (Å²) in [5.41, 5.74) is 6.60. The van der Waals surface area contributed by atoms with E-state index in [9.17, 15) is 18.0 Å². The van der Waals surface area contributed by atoms with Gasteiger partial charge < -0.3 is 16.0 Å². The fourth-order valence-electron chi connectivity index (χ4n) is 2.55. The fraction of sp³-hybridized carbons (Fsp3) is 0.263. The molecule has 0 atom stereocenters. The highest BCUT2D eigenvalue weighted by molar-refractivity contribution is 5.92. The zero-order valence-corrected chi connectivity index (χ0v) is 15.0. The van der Waals surface area contributed by atoms with Gasteiger partial charge in [-0.1, -0.05) is 24.3 Å². The van der Waals surface area contributed by atoms with Gasteiger partial charge in [-0.05, 0) is 35.4 Å². The Balaban J connectivity index is 1.99. The van der Waals surface area contributed by atoms with E-state index in [0.29, 0.717) is 24.6 Å². The number of carbonyl (C=O) groups excluding carboxylic acids is 1. The summed E-state index contributed by atoms with van der Waals surface area (Å²) in [6.45, 7) is 0.810. The van der Waals surface area contributed by atoms with Crippen LogP contribution in [0.4, 0.5) is 13.2 Å². The van der Waals surface area contributed by atoms with Gasteiger partial charge in [-0.3, -0.25) is 9.79 Å². The molecule has 0 aliphatic heterocycles. The van der Waals surface area contributed by atoms with Crippen LogP contribution in [-0.4, -0.2) is 30.9 Å². The van der Waals surface area contributed by atoms with E-state index in [0.717, 1.165) is 23.3 Å². The first kappa shape index (κ1) is 20.3. The molecule has 27 heavy (non-hydrogen) atoms. The highest BCUT2D eigenvalue weighted by Gasteiger charge is 2.29. The van der Waals surface area contributed by atoms with Crippen LogP contribution in [0.1, 0.15) is 27.0 Å². The topological polar surface area (TPSA) is 70.7 Å². The Morgan fingerprint density at radius 2 is 1.81 bits per heavy atom. The fourth-order valence-corrected chi connectivity index (χ4v) is 2.55. The van der Waals surface area contributed by atoms with Crippen LogP contribution in [0, 0.1) is 0 Å². The number of aliphatic imine (C=N–C) groups is 1. The summed E-state index contributed by atoms with van der Waals surface area (Å²) in [4.78, 5) is 17.2. The number of primary amides is 1. The molecule has 2 aromatic rings. The Kier molecular flexibility index (Phi) is 6.44. The molecule has 0 saturated carbocycles. The van der Waals surface area contributed by atoms with Crippen molar-refractivity contribution >= 4 is 11.9 Å². The van der Waals surface area contributed by atoms with Crippen LogP contribution in [0.25, 0.3) is 0 Å². The zero-order valence-electron chi connectivity index (χ0n) is 15.0. The lowest BCUT2D eigenvalue weighted by Crippen LogP contribution is -2.38. The Morgan fingerprint density at radius 1 is 1.15 bits per heavy atom. The predicted molar refractivity (Wildman–Crippen MR) is 98.1 cm³/mol. The van der Waals surface area contributed by atoms with Gasteiger partial charge in [0.2, 0.25) is 5.91 Å². The van der Waals surface area contributed by atoms with Crippen molar-refractivity contribution in [1.29, 1.82) is 0 Å². The Bertz CT molecular complexity index is 816. The monoisotopic (exact) mass is 378 g/mol. The highest BCUT2D eigenvalue weighted by Crippen LogP contribution is 2.29. The molecule has 0 saturated heterocycles. The predicted octanol–water partition coefficient (Wildman–Crippen LogP) is 3.01. The van der Waals surface area contributed by atoms with Crippen LogP contribution in [0.2, 0.25) is 0 Å². The molecule has 8 heteroatoms. The summed E-state index contributed by atoms with van der Waals surface area (Å²) in [5.74, 6) is 0.0695. The standard InChI is InChI=1S/C19H21F3N4O/c1-24-18(25-11-14-4-3-5-15(10-14)17(23)27)26(2)12-13-6-8-16(9-7-13)19(20,21)22/h3-10H,11-12H2,1-2H3,(H2,23,27)(H,24,25). The maximum absolute atomic E-state index is 12.6. The number of guanidine groups is 1. The molecule has 0 radical (unpaired) electrons. The van der Waals surface area contributed by atoms with Crippen molar-refractivity contribution in [2.45, 2.75) is 19.3 Å². The molecular formula is C19H21F3N4O. The Morgan fingerprint density at radius 3 is 2.37 bits per heavy atom. The second-order valence-electron chi connectivity index (χ2n) is 6.02. The summed E-state index contributed by atoms with van der Waals surface area (Å²) in [5, 5.41) is 3.15. The van der Waals surface area contributed by atoms with E-state index in [1.807, 2.05) is 6.07 Å². The number of nitrogens with one attached hydrogen (secondary N) is 1. The van der Waals surface area contributed by atoms with Gasteiger partial charge in [0, 0.05) is 32.7 Å². The number of nitrogens with zero attached hydrogens (tertiary/aromatic N) is 2. The van der Waals surface area contributed by atoms with E-state index in [-0.39, 0.29) is 0 Å². The van der Waals surface area contributed by atoms with Crippen LogP contribution in [0.3, 0.4) is 0 Å². The first-order valence-electron chi connectivity index (χ1n) is 8.17. The number of alkyl halides is 3. The third kappa shape index (κ3) is 5.73. The normalized spacial score (nSPS) is 12.0. The minimum atomic E-state index is -4.35. The first-order chi connectivity index (χ1) is 12.7. The zero-order chi connectivity index (χ0) is 20.0. The summed E-state index contributed by atoms with van der Waals surface area (Å²) < 4.78 is 37.9. The van der Waals surface area contributed by atoms with E-state index in [2.05, 4.69) is 10.3 Å².